The number of nitrogens with zero attached hydrogens (tertiary/aromatic N) is 1. The molecule has 9 nitrogen and oxygen atoms in total. The molecule has 3 N–H and O–H groups in total. The molecule has 0 aliphatic heterocycles. The predicted octanol–water partition coefficient (Wildman–Crippen LogP) is 0.179. The Bertz CT molecular complexity index is 604. The molecule has 0 saturated carbocycles. The lowest BCUT2D eigenvalue weighted by Crippen LogP contribution is -2.39. The molecule has 0 unspecified atom stereocenters. The SMILES string of the molecule is O=C(O)CNC(=O)CNC(=O)c1cccc(Cl)c1[N+](=O)[O-]. The summed E-state index contributed by atoms with van der Waals surface area (Å²) in [4.78, 5) is 43.3. The average Bonchev–Trinajstić information content (AvgIpc) is 2.41. The summed E-state index contributed by atoms with van der Waals surface area (Å²) in [7, 11) is 0. The monoisotopic (exact) mass is 315 g/mol. The fourth-order valence-corrected chi connectivity index (χ4v) is 1.62. The van der Waals surface area contributed by atoms with Crippen molar-refractivity contribution in [3.8, 4) is 0 Å². The summed E-state index contributed by atoms with van der Waals surface area (Å²) in [6, 6.07) is 3.80. The third-order valence-electron chi connectivity index (χ3n) is 2.26. The lowest BCUT2D eigenvalue weighted by molar-refractivity contribution is -0.385. The fourth-order valence-electron chi connectivity index (χ4n) is 1.38. The van der Waals surface area contributed by atoms with E-state index in [-0.39, 0.29) is 10.6 Å². The Labute approximate surface area is 123 Å². The van der Waals surface area contributed by atoms with Gasteiger partial charge in [0.05, 0.1) is 11.5 Å². The van der Waals surface area contributed by atoms with Crippen molar-refractivity contribution >= 4 is 35.1 Å². The van der Waals surface area contributed by atoms with Gasteiger partial charge in [0.15, 0.2) is 0 Å². The van der Waals surface area contributed by atoms with Crippen LogP contribution in [0.2, 0.25) is 5.02 Å². The summed E-state index contributed by atoms with van der Waals surface area (Å²) >= 11 is 5.65. The highest BCUT2D eigenvalue weighted by Crippen LogP contribution is 2.27. The van der Waals surface area contributed by atoms with E-state index in [0.29, 0.717) is 0 Å². The van der Waals surface area contributed by atoms with Gasteiger partial charge in [-0.05, 0) is 12.1 Å². The zero-order valence-corrected chi connectivity index (χ0v) is 11.2. The first-order valence-corrected chi connectivity index (χ1v) is 5.90. The molecule has 112 valence electrons. The Morgan fingerprint density at radius 2 is 1.90 bits per heavy atom. The Morgan fingerprint density at radius 3 is 2.48 bits per heavy atom. The van der Waals surface area contributed by atoms with Crippen LogP contribution in [0.5, 0.6) is 0 Å². The molecule has 1 rings (SSSR count). The number of carboxylic acids is 1. The van der Waals surface area contributed by atoms with Crippen LogP contribution >= 0.6 is 11.6 Å². The van der Waals surface area contributed by atoms with E-state index in [1.165, 1.54) is 18.2 Å². The Hall–Kier alpha value is -2.68. The number of aliphatic carboxylic acids is 1. The standard InChI is InChI=1S/C11H10ClN3O6/c12-7-3-1-2-6(10(7)15(20)21)11(19)14-4-8(16)13-5-9(17)18/h1-3H,4-5H2,(H,13,16)(H,14,19)(H,17,18). The number of hydrogen-bond donors (Lipinski definition) is 3. The van der Waals surface area contributed by atoms with Crippen LogP contribution in [0.25, 0.3) is 0 Å². The minimum Gasteiger partial charge on any atom is -0.480 e. The average molecular weight is 316 g/mol. The smallest absolute Gasteiger partial charge is 0.322 e. The third-order valence-corrected chi connectivity index (χ3v) is 2.57. The first kappa shape index (κ1) is 16.4. The van der Waals surface area contributed by atoms with E-state index >= 15 is 0 Å². The molecule has 0 aromatic heterocycles. The lowest BCUT2D eigenvalue weighted by atomic mass is 10.1. The van der Waals surface area contributed by atoms with Gasteiger partial charge >= 0.3 is 11.7 Å². The summed E-state index contributed by atoms with van der Waals surface area (Å²) in [5, 5.41) is 23.2. The van der Waals surface area contributed by atoms with Crippen LogP contribution in [0.4, 0.5) is 5.69 Å². The zero-order valence-electron chi connectivity index (χ0n) is 10.5. The highest BCUT2D eigenvalue weighted by Gasteiger charge is 2.23. The first-order valence-electron chi connectivity index (χ1n) is 5.52. The minimum atomic E-state index is -1.24. The van der Waals surface area contributed by atoms with Crippen molar-refractivity contribution in [1.29, 1.82) is 0 Å². The maximum absolute atomic E-state index is 11.8. The van der Waals surface area contributed by atoms with Gasteiger partial charge in [-0.2, -0.15) is 0 Å². The first-order chi connectivity index (χ1) is 9.82. The summed E-state index contributed by atoms with van der Waals surface area (Å²) in [6.07, 6.45) is 0. The van der Waals surface area contributed by atoms with Crippen LogP contribution in [-0.2, 0) is 9.59 Å². The van der Waals surface area contributed by atoms with E-state index < -0.39 is 41.5 Å². The number of carboxylic acid groups (broad SMARTS) is 1. The maximum Gasteiger partial charge on any atom is 0.322 e. The van der Waals surface area contributed by atoms with Crippen molar-refractivity contribution in [2.24, 2.45) is 0 Å². The van der Waals surface area contributed by atoms with Crippen molar-refractivity contribution in [2.75, 3.05) is 13.1 Å². The van der Waals surface area contributed by atoms with Crippen LogP contribution in [0, 0.1) is 10.1 Å². The number of hydrogen-bond acceptors (Lipinski definition) is 5. The molecule has 0 aliphatic carbocycles. The van der Waals surface area contributed by atoms with Gasteiger partial charge in [0.2, 0.25) is 5.91 Å². The van der Waals surface area contributed by atoms with Gasteiger partial charge in [-0.1, -0.05) is 17.7 Å². The number of rotatable bonds is 6. The molecule has 21 heavy (non-hydrogen) atoms. The number of benzene rings is 1. The molecule has 1 aromatic carbocycles. The van der Waals surface area contributed by atoms with Gasteiger partial charge in [0.1, 0.15) is 17.1 Å². The molecule has 2 amide bonds. The quantitative estimate of drug-likeness (QED) is 0.505. The summed E-state index contributed by atoms with van der Waals surface area (Å²) in [6.45, 7) is -1.11. The second kappa shape index (κ2) is 7.20. The summed E-state index contributed by atoms with van der Waals surface area (Å²) in [5.74, 6) is -2.84. The Balaban J connectivity index is 2.73. The van der Waals surface area contributed by atoms with Gasteiger partial charge in [-0.25, -0.2) is 0 Å². The van der Waals surface area contributed by atoms with Crippen LogP contribution < -0.4 is 10.6 Å². The number of nitro benzene ring substituents is 1. The molecule has 0 atom stereocenters. The molecule has 0 radical (unpaired) electrons. The molecule has 0 heterocycles. The number of nitrogens with one attached hydrogen (secondary N) is 2. The zero-order chi connectivity index (χ0) is 16.0. The topological polar surface area (TPSA) is 139 Å². The van der Waals surface area contributed by atoms with Gasteiger partial charge in [0.25, 0.3) is 5.91 Å². The second-order valence-corrected chi connectivity index (χ2v) is 4.15. The van der Waals surface area contributed by atoms with E-state index in [0.717, 1.165) is 0 Å². The van der Waals surface area contributed by atoms with Crippen molar-refractivity contribution in [1.82, 2.24) is 10.6 Å². The van der Waals surface area contributed by atoms with Crippen molar-refractivity contribution in [3.05, 3.63) is 38.9 Å². The van der Waals surface area contributed by atoms with Gasteiger partial charge in [-0.3, -0.25) is 24.5 Å². The molecular formula is C11H10ClN3O6. The molecule has 0 saturated heterocycles. The van der Waals surface area contributed by atoms with Crippen molar-refractivity contribution in [2.45, 2.75) is 0 Å². The molecule has 10 heteroatoms. The van der Waals surface area contributed by atoms with Crippen LogP contribution in [0.1, 0.15) is 10.4 Å². The van der Waals surface area contributed by atoms with Crippen molar-refractivity contribution in [3.63, 3.8) is 0 Å². The lowest BCUT2D eigenvalue weighted by Gasteiger charge is -2.06. The fraction of sp³-hybridized carbons (Fsp3) is 0.182. The van der Waals surface area contributed by atoms with Crippen LogP contribution in [-0.4, -0.2) is 40.9 Å². The summed E-state index contributed by atoms with van der Waals surface area (Å²) < 4.78 is 0. The van der Waals surface area contributed by atoms with E-state index in [2.05, 4.69) is 5.32 Å². The van der Waals surface area contributed by atoms with Crippen molar-refractivity contribution < 1.29 is 24.4 Å². The van der Waals surface area contributed by atoms with Gasteiger partial charge in [-0.15, -0.1) is 0 Å². The number of amides is 2. The van der Waals surface area contributed by atoms with E-state index in [1.807, 2.05) is 5.32 Å². The third kappa shape index (κ3) is 4.73. The Morgan fingerprint density at radius 1 is 1.24 bits per heavy atom. The molecule has 1 aromatic rings. The number of carbonyl (C=O) groups is 3. The van der Waals surface area contributed by atoms with Crippen LogP contribution in [0.3, 0.4) is 0 Å². The number of para-hydroxylation sites is 1. The van der Waals surface area contributed by atoms with Gasteiger partial charge < -0.3 is 15.7 Å². The largest absolute Gasteiger partial charge is 0.480 e. The van der Waals surface area contributed by atoms with E-state index in [1.54, 1.807) is 0 Å². The highest BCUT2D eigenvalue weighted by molar-refractivity contribution is 6.33. The molecule has 0 spiro atoms. The van der Waals surface area contributed by atoms with Gasteiger partial charge in [0, 0.05) is 0 Å². The molecule has 0 fully saturated rings. The van der Waals surface area contributed by atoms with E-state index in [4.69, 9.17) is 16.7 Å². The highest BCUT2D eigenvalue weighted by atomic mass is 35.5. The molecule has 0 aliphatic rings. The minimum absolute atomic E-state index is 0.206. The number of carbonyl (C=O) groups excluding carboxylic acids is 2. The molecular weight excluding hydrogens is 306 g/mol. The summed E-state index contributed by atoms with van der Waals surface area (Å²) in [5.41, 5.74) is -0.860. The predicted molar refractivity (Wildman–Crippen MR) is 71.1 cm³/mol. The second-order valence-electron chi connectivity index (χ2n) is 3.75. The van der Waals surface area contributed by atoms with E-state index in [9.17, 15) is 24.5 Å². The van der Waals surface area contributed by atoms with Crippen LogP contribution in [0.15, 0.2) is 18.2 Å². The number of nitro groups is 1. The normalized spacial score (nSPS) is 9.76. The Kier molecular flexibility index (Phi) is 5.61. The maximum atomic E-state index is 11.8. The molecule has 0 bridgehead atoms. The number of halogens is 1.